The van der Waals surface area contributed by atoms with Crippen molar-refractivity contribution in [2.45, 2.75) is 0 Å². The molecule has 0 atom stereocenters. The van der Waals surface area contributed by atoms with E-state index < -0.39 is 0 Å². The van der Waals surface area contributed by atoms with Gasteiger partial charge in [-0.3, -0.25) is 0 Å². The summed E-state index contributed by atoms with van der Waals surface area (Å²) in [5, 5.41) is 0. The summed E-state index contributed by atoms with van der Waals surface area (Å²) in [6.45, 7) is 0.817. The van der Waals surface area contributed by atoms with Crippen molar-refractivity contribution in [3.8, 4) is 0 Å². The van der Waals surface area contributed by atoms with Crippen molar-refractivity contribution in [3.05, 3.63) is 35.5 Å². The third-order valence-electron chi connectivity index (χ3n) is 1.86. The SMILES string of the molecule is NC1=Cc2ccccc2N(I)C1. The molecule has 1 heterocycles. The molecule has 62 valence electrons. The highest BCUT2D eigenvalue weighted by atomic mass is 127. The van der Waals surface area contributed by atoms with Crippen LogP contribution in [0, 0.1) is 0 Å². The molecule has 2 rings (SSSR count). The summed E-state index contributed by atoms with van der Waals surface area (Å²) in [5.74, 6) is 0. The van der Waals surface area contributed by atoms with Gasteiger partial charge in [0.2, 0.25) is 0 Å². The number of rotatable bonds is 0. The number of anilines is 1. The number of halogens is 1. The first kappa shape index (κ1) is 7.91. The van der Waals surface area contributed by atoms with Crippen LogP contribution in [-0.2, 0) is 0 Å². The third-order valence-corrected chi connectivity index (χ3v) is 2.72. The fraction of sp³-hybridized carbons (Fsp3) is 0.111. The third kappa shape index (κ3) is 1.29. The first-order valence-corrected chi connectivity index (χ1v) is 4.72. The number of benzene rings is 1. The second kappa shape index (κ2) is 2.97. The van der Waals surface area contributed by atoms with Crippen molar-refractivity contribution >= 4 is 34.6 Å². The molecule has 0 aromatic heterocycles. The quantitative estimate of drug-likeness (QED) is 0.579. The van der Waals surface area contributed by atoms with Crippen LogP contribution in [0.2, 0.25) is 0 Å². The first-order valence-electron chi connectivity index (χ1n) is 3.76. The Balaban J connectivity index is 2.55. The van der Waals surface area contributed by atoms with E-state index in [9.17, 15) is 0 Å². The van der Waals surface area contributed by atoms with Crippen LogP contribution < -0.4 is 8.85 Å². The van der Waals surface area contributed by atoms with Gasteiger partial charge in [-0.15, -0.1) is 0 Å². The molecule has 0 radical (unpaired) electrons. The number of hydrogen-bond acceptors (Lipinski definition) is 2. The Bertz CT molecular complexity index is 333. The van der Waals surface area contributed by atoms with E-state index in [4.69, 9.17) is 5.73 Å². The molecule has 0 spiro atoms. The molecule has 0 amide bonds. The molecule has 1 aromatic rings. The van der Waals surface area contributed by atoms with Crippen LogP contribution in [-0.4, -0.2) is 6.54 Å². The molecule has 0 saturated carbocycles. The van der Waals surface area contributed by atoms with Crippen LogP contribution in [0.25, 0.3) is 6.08 Å². The van der Waals surface area contributed by atoms with Crippen molar-refractivity contribution in [2.24, 2.45) is 5.73 Å². The van der Waals surface area contributed by atoms with E-state index >= 15 is 0 Å². The van der Waals surface area contributed by atoms with Crippen LogP contribution in [0.5, 0.6) is 0 Å². The van der Waals surface area contributed by atoms with Gasteiger partial charge in [-0.05, 0) is 12.1 Å². The van der Waals surface area contributed by atoms with Crippen molar-refractivity contribution in [2.75, 3.05) is 9.66 Å². The van der Waals surface area contributed by atoms with Gasteiger partial charge in [0.05, 0.1) is 35.1 Å². The lowest BCUT2D eigenvalue weighted by molar-refractivity contribution is 1.11. The monoisotopic (exact) mass is 272 g/mol. The molecule has 2 nitrogen and oxygen atoms in total. The standard InChI is InChI=1S/C9H9IN2/c10-12-6-8(11)5-7-3-1-2-4-9(7)12/h1-5H,6,11H2. The van der Waals surface area contributed by atoms with E-state index in [2.05, 4.69) is 38.1 Å². The number of hydrogen-bond donors (Lipinski definition) is 1. The predicted octanol–water partition coefficient (Wildman–Crippen LogP) is 2.16. The number of nitrogens with two attached hydrogens (primary N) is 1. The molecule has 1 aromatic carbocycles. The topological polar surface area (TPSA) is 29.3 Å². The second-order valence-corrected chi connectivity index (χ2v) is 3.96. The van der Waals surface area contributed by atoms with Gasteiger partial charge in [0.25, 0.3) is 0 Å². The maximum absolute atomic E-state index is 5.75. The van der Waals surface area contributed by atoms with E-state index in [1.54, 1.807) is 0 Å². The van der Waals surface area contributed by atoms with Gasteiger partial charge >= 0.3 is 0 Å². The maximum atomic E-state index is 5.75. The van der Waals surface area contributed by atoms with E-state index in [1.165, 1.54) is 11.3 Å². The summed E-state index contributed by atoms with van der Waals surface area (Å²) in [5.41, 5.74) is 9.12. The lowest BCUT2D eigenvalue weighted by Crippen LogP contribution is -2.21. The molecule has 0 aliphatic carbocycles. The van der Waals surface area contributed by atoms with Crippen LogP contribution in [0.1, 0.15) is 5.56 Å². The molecule has 3 heteroatoms. The highest BCUT2D eigenvalue weighted by molar-refractivity contribution is 14.1. The van der Waals surface area contributed by atoms with Gasteiger partial charge < -0.3 is 8.85 Å². The van der Waals surface area contributed by atoms with Gasteiger partial charge in [0, 0.05) is 11.3 Å². The van der Waals surface area contributed by atoms with Crippen LogP contribution in [0.4, 0.5) is 5.69 Å². The smallest absolute Gasteiger partial charge is 0.0677 e. The predicted molar refractivity (Wildman–Crippen MR) is 60.0 cm³/mol. The summed E-state index contributed by atoms with van der Waals surface area (Å²) in [4.78, 5) is 0. The molecule has 1 aliphatic rings. The number of fused-ring (bicyclic) bond motifs is 1. The van der Waals surface area contributed by atoms with Gasteiger partial charge in [-0.1, -0.05) is 18.2 Å². The Morgan fingerprint density at radius 2 is 2.08 bits per heavy atom. The van der Waals surface area contributed by atoms with Gasteiger partial charge in [0.15, 0.2) is 0 Å². The van der Waals surface area contributed by atoms with Gasteiger partial charge in [-0.25, -0.2) is 0 Å². The molecule has 1 aliphatic heterocycles. The first-order chi connectivity index (χ1) is 5.77. The number of para-hydroxylation sites is 1. The second-order valence-electron chi connectivity index (χ2n) is 2.80. The average Bonchev–Trinajstić information content (AvgIpc) is 2.04. The minimum absolute atomic E-state index is 0.817. The molecular formula is C9H9IN2. The highest BCUT2D eigenvalue weighted by Gasteiger charge is 2.12. The highest BCUT2D eigenvalue weighted by Crippen LogP contribution is 2.29. The zero-order valence-corrected chi connectivity index (χ0v) is 8.65. The summed E-state index contributed by atoms with van der Waals surface area (Å²) >= 11 is 2.28. The molecule has 0 saturated heterocycles. The van der Waals surface area contributed by atoms with E-state index in [-0.39, 0.29) is 0 Å². The molecule has 0 bridgehead atoms. The lowest BCUT2D eigenvalue weighted by atomic mass is 10.1. The molecule has 2 N–H and O–H groups in total. The van der Waals surface area contributed by atoms with Crippen molar-refractivity contribution < 1.29 is 0 Å². The fourth-order valence-corrected chi connectivity index (χ4v) is 2.15. The Kier molecular flexibility index (Phi) is 1.96. The Labute approximate surface area is 85.5 Å². The van der Waals surface area contributed by atoms with Crippen LogP contribution >= 0.6 is 22.9 Å². The Hall–Kier alpha value is -0.710. The molecule has 0 fully saturated rings. The van der Waals surface area contributed by atoms with Crippen LogP contribution in [0.15, 0.2) is 30.0 Å². The lowest BCUT2D eigenvalue weighted by Gasteiger charge is -2.23. The minimum atomic E-state index is 0.817. The Morgan fingerprint density at radius 3 is 2.92 bits per heavy atom. The minimum Gasteiger partial charge on any atom is -0.401 e. The number of nitrogens with zero attached hydrogens (tertiary/aromatic N) is 1. The largest absolute Gasteiger partial charge is 0.401 e. The van der Waals surface area contributed by atoms with Crippen LogP contribution in [0.3, 0.4) is 0 Å². The molecule has 12 heavy (non-hydrogen) atoms. The van der Waals surface area contributed by atoms with E-state index in [0.717, 1.165) is 12.2 Å². The average molecular weight is 272 g/mol. The molecular weight excluding hydrogens is 263 g/mol. The summed E-state index contributed by atoms with van der Waals surface area (Å²) in [6.07, 6.45) is 2.03. The van der Waals surface area contributed by atoms with Gasteiger partial charge in [-0.2, -0.15) is 0 Å². The van der Waals surface area contributed by atoms with E-state index in [0.29, 0.717) is 0 Å². The Morgan fingerprint density at radius 1 is 1.33 bits per heavy atom. The summed E-state index contributed by atoms with van der Waals surface area (Å²) in [6, 6.07) is 8.25. The summed E-state index contributed by atoms with van der Waals surface area (Å²) in [7, 11) is 0. The zero-order chi connectivity index (χ0) is 8.55. The maximum Gasteiger partial charge on any atom is 0.0677 e. The van der Waals surface area contributed by atoms with Gasteiger partial charge in [0.1, 0.15) is 0 Å². The summed E-state index contributed by atoms with van der Waals surface area (Å²) < 4.78 is 2.13. The van der Waals surface area contributed by atoms with Crippen molar-refractivity contribution in [1.82, 2.24) is 0 Å². The zero-order valence-electron chi connectivity index (χ0n) is 6.50. The normalized spacial score (nSPS) is 15.4. The van der Waals surface area contributed by atoms with Crippen molar-refractivity contribution in [3.63, 3.8) is 0 Å². The van der Waals surface area contributed by atoms with E-state index in [1.807, 2.05) is 18.2 Å². The fourth-order valence-electron chi connectivity index (χ4n) is 1.32. The molecule has 0 unspecified atom stereocenters. The van der Waals surface area contributed by atoms with Crippen molar-refractivity contribution in [1.29, 1.82) is 0 Å².